The van der Waals surface area contributed by atoms with E-state index in [9.17, 15) is 24.5 Å². The van der Waals surface area contributed by atoms with Crippen LogP contribution in [0.1, 0.15) is 42.6 Å². The lowest BCUT2D eigenvalue weighted by Gasteiger charge is -2.32. The molecule has 3 rings (SSSR count). The van der Waals surface area contributed by atoms with E-state index in [2.05, 4.69) is 27.7 Å². The van der Waals surface area contributed by atoms with Crippen molar-refractivity contribution in [2.24, 2.45) is 0 Å². The fraction of sp³-hybridized carbons (Fsp3) is 0.348. The standard InChI is InChI=1S/C23H26N4O6/c1-15(28)24-20-13-22(33-16(2)29)19(12-21(20)27(31)32)23(30)25-18-8-10-26(11-9-18)14-17-6-4-3-5-7-17/h3-7,12-13,18H,8-11,14H2,1-2H3,(H,24,28)(H,25,30). The minimum absolute atomic E-state index is 0.122. The van der Waals surface area contributed by atoms with E-state index >= 15 is 0 Å². The average Bonchev–Trinajstić information content (AvgIpc) is 2.75. The van der Waals surface area contributed by atoms with E-state index in [0.29, 0.717) is 12.8 Å². The minimum Gasteiger partial charge on any atom is -0.426 e. The Morgan fingerprint density at radius 1 is 1.12 bits per heavy atom. The normalized spacial score (nSPS) is 14.4. The van der Waals surface area contributed by atoms with Crippen LogP contribution in [0.2, 0.25) is 0 Å². The Kier molecular flexibility index (Phi) is 7.73. The molecule has 1 fully saturated rings. The third-order valence-corrected chi connectivity index (χ3v) is 5.28. The Labute approximate surface area is 191 Å². The second-order valence-electron chi connectivity index (χ2n) is 7.91. The molecule has 1 aliphatic heterocycles. The molecule has 0 radical (unpaired) electrons. The molecule has 2 N–H and O–H groups in total. The number of likely N-dealkylation sites (tertiary alicyclic amines) is 1. The molecular weight excluding hydrogens is 428 g/mol. The number of hydrogen-bond acceptors (Lipinski definition) is 7. The Morgan fingerprint density at radius 2 is 1.79 bits per heavy atom. The van der Waals surface area contributed by atoms with Crippen LogP contribution >= 0.6 is 0 Å². The van der Waals surface area contributed by atoms with Crippen LogP contribution in [0.25, 0.3) is 0 Å². The van der Waals surface area contributed by atoms with Crippen molar-refractivity contribution in [1.29, 1.82) is 0 Å². The first-order valence-corrected chi connectivity index (χ1v) is 10.6. The first-order valence-electron chi connectivity index (χ1n) is 10.6. The van der Waals surface area contributed by atoms with E-state index in [1.165, 1.54) is 12.5 Å². The zero-order valence-corrected chi connectivity index (χ0v) is 18.5. The highest BCUT2D eigenvalue weighted by molar-refractivity contribution is 6.01. The van der Waals surface area contributed by atoms with Crippen LogP contribution in [-0.2, 0) is 16.1 Å². The number of hydrogen-bond donors (Lipinski definition) is 2. The van der Waals surface area contributed by atoms with Crippen LogP contribution in [-0.4, -0.2) is 46.7 Å². The zero-order chi connectivity index (χ0) is 24.0. The number of nitro benzene ring substituents is 1. The van der Waals surface area contributed by atoms with Gasteiger partial charge in [0.2, 0.25) is 5.91 Å². The fourth-order valence-corrected chi connectivity index (χ4v) is 3.77. The van der Waals surface area contributed by atoms with Crippen LogP contribution in [0.15, 0.2) is 42.5 Å². The van der Waals surface area contributed by atoms with Gasteiger partial charge in [0.25, 0.3) is 11.6 Å². The summed E-state index contributed by atoms with van der Waals surface area (Å²) in [6.07, 6.45) is 1.43. The molecule has 1 heterocycles. The van der Waals surface area contributed by atoms with E-state index in [-0.39, 0.29) is 23.0 Å². The fourth-order valence-electron chi connectivity index (χ4n) is 3.77. The van der Waals surface area contributed by atoms with Crippen molar-refractivity contribution in [1.82, 2.24) is 10.2 Å². The van der Waals surface area contributed by atoms with Gasteiger partial charge in [-0.2, -0.15) is 0 Å². The summed E-state index contributed by atoms with van der Waals surface area (Å²) in [5, 5.41) is 16.7. The third-order valence-electron chi connectivity index (χ3n) is 5.28. The van der Waals surface area contributed by atoms with Gasteiger partial charge in [0.15, 0.2) is 0 Å². The molecule has 0 spiro atoms. The molecule has 0 saturated carbocycles. The Balaban J connectivity index is 1.73. The van der Waals surface area contributed by atoms with Crippen molar-refractivity contribution < 1.29 is 24.0 Å². The summed E-state index contributed by atoms with van der Waals surface area (Å²) in [7, 11) is 0. The van der Waals surface area contributed by atoms with Crippen molar-refractivity contribution in [3.8, 4) is 5.75 Å². The molecular formula is C23H26N4O6. The number of nitrogens with zero attached hydrogens (tertiary/aromatic N) is 2. The SMILES string of the molecule is CC(=O)Nc1cc(OC(C)=O)c(C(=O)NC2CCN(Cc3ccccc3)CC2)cc1[N+](=O)[O-]. The minimum atomic E-state index is -0.707. The highest BCUT2D eigenvalue weighted by Crippen LogP contribution is 2.33. The lowest BCUT2D eigenvalue weighted by atomic mass is 10.0. The lowest BCUT2D eigenvalue weighted by Crippen LogP contribution is -2.44. The number of carbonyl (C=O) groups excluding carboxylic acids is 3. The number of ether oxygens (including phenoxy) is 1. The molecule has 174 valence electrons. The molecule has 0 bridgehead atoms. The predicted molar refractivity (Wildman–Crippen MR) is 121 cm³/mol. The Morgan fingerprint density at radius 3 is 2.36 bits per heavy atom. The van der Waals surface area contributed by atoms with Crippen LogP contribution < -0.4 is 15.4 Å². The summed E-state index contributed by atoms with van der Waals surface area (Å²) in [5.41, 5.74) is 0.453. The van der Waals surface area contributed by atoms with Gasteiger partial charge in [-0.25, -0.2) is 0 Å². The van der Waals surface area contributed by atoms with E-state index in [1.54, 1.807) is 0 Å². The number of rotatable bonds is 7. The largest absolute Gasteiger partial charge is 0.426 e. The number of anilines is 1. The Bertz CT molecular complexity index is 1050. The Hall–Kier alpha value is -3.79. The van der Waals surface area contributed by atoms with E-state index in [0.717, 1.165) is 38.7 Å². The number of amides is 2. The molecule has 0 atom stereocenters. The highest BCUT2D eigenvalue weighted by Gasteiger charge is 2.27. The van der Waals surface area contributed by atoms with Crippen molar-refractivity contribution in [3.63, 3.8) is 0 Å². The summed E-state index contributed by atoms with van der Waals surface area (Å²) < 4.78 is 5.11. The van der Waals surface area contributed by atoms with Crippen molar-refractivity contribution in [2.45, 2.75) is 39.3 Å². The van der Waals surface area contributed by atoms with Crippen LogP contribution in [0.4, 0.5) is 11.4 Å². The lowest BCUT2D eigenvalue weighted by molar-refractivity contribution is -0.384. The number of carbonyl (C=O) groups is 3. The van der Waals surface area contributed by atoms with Gasteiger partial charge >= 0.3 is 5.97 Å². The maximum atomic E-state index is 13.0. The third kappa shape index (κ3) is 6.59. The zero-order valence-electron chi connectivity index (χ0n) is 18.5. The maximum Gasteiger partial charge on any atom is 0.308 e. The molecule has 2 amide bonds. The number of nitrogens with one attached hydrogen (secondary N) is 2. The maximum absolute atomic E-state index is 13.0. The van der Waals surface area contributed by atoms with Gasteiger partial charge in [0.1, 0.15) is 11.4 Å². The van der Waals surface area contributed by atoms with Gasteiger partial charge in [-0.1, -0.05) is 30.3 Å². The smallest absolute Gasteiger partial charge is 0.308 e. The molecule has 2 aromatic rings. The van der Waals surface area contributed by atoms with Gasteiger partial charge in [-0.15, -0.1) is 0 Å². The monoisotopic (exact) mass is 454 g/mol. The molecule has 1 saturated heterocycles. The molecule has 10 nitrogen and oxygen atoms in total. The molecule has 0 aromatic heterocycles. The summed E-state index contributed by atoms with van der Waals surface area (Å²) in [4.78, 5) is 49.0. The summed E-state index contributed by atoms with van der Waals surface area (Å²) in [6.45, 7) is 4.76. The van der Waals surface area contributed by atoms with Crippen LogP contribution in [0.5, 0.6) is 5.75 Å². The highest BCUT2D eigenvalue weighted by atomic mass is 16.6. The van der Waals surface area contributed by atoms with Gasteiger partial charge in [-0.05, 0) is 18.4 Å². The van der Waals surface area contributed by atoms with E-state index in [1.807, 2.05) is 18.2 Å². The number of benzene rings is 2. The van der Waals surface area contributed by atoms with Crippen molar-refractivity contribution in [3.05, 3.63) is 63.7 Å². The number of nitro groups is 1. The molecule has 33 heavy (non-hydrogen) atoms. The first kappa shape index (κ1) is 23.9. The van der Waals surface area contributed by atoms with E-state index < -0.39 is 28.4 Å². The van der Waals surface area contributed by atoms with Gasteiger partial charge < -0.3 is 15.4 Å². The van der Waals surface area contributed by atoms with Crippen molar-refractivity contribution >= 4 is 29.2 Å². The van der Waals surface area contributed by atoms with Crippen LogP contribution in [0.3, 0.4) is 0 Å². The van der Waals surface area contributed by atoms with Crippen molar-refractivity contribution in [2.75, 3.05) is 18.4 Å². The number of piperidine rings is 1. The summed E-state index contributed by atoms with van der Waals surface area (Å²) >= 11 is 0. The quantitative estimate of drug-likeness (QED) is 0.285. The second kappa shape index (κ2) is 10.7. The summed E-state index contributed by atoms with van der Waals surface area (Å²) in [5.74, 6) is -1.96. The summed E-state index contributed by atoms with van der Waals surface area (Å²) in [6, 6.07) is 12.1. The van der Waals surface area contributed by atoms with E-state index in [4.69, 9.17) is 4.74 Å². The number of esters is 1. The van der Waals surface area contributed by atoms with Crippen LogP contribution in [0, 0.1) is 10.1 Å². The molecule has 2 aromatic carbocycles. The predicted octanol–water partition coefficient (Wildman–Crippen LogP) is 2.87. The second-order valence-corrected chi connectivity index (χ2v) is 7.91. The van der Waals surface area contributed by atoms with Gasteiger partial charge in [0, 0.05) is 51.7 Å². The topological polar surface area (TPSA) is 131 Å². The van der Waals surface area contributed by atoms with Gasteiger partial charge in [0.05, 0.1) is 10.5 Å². The molecule has 0 aliphatic carbocycles. The molecule has 1 aliphatic rings. The molecule has 10 heteroatoms. The molecule has 0 unspecified atom stereocenters. The van der Waals surface area contributed by atoms with Gasteiger partial charge in [-0.3, -0.25) is 29.4 Å². The first-order chi connectivity index (χ1) is 15.7. The average molecular weight is 454 g/mol.